The van der Waals surface area contributed by atoms with Crippen LogP contribution in [0.25, 0.3) is 10.8 Å². The van der Waals surface area contributed by atoms with Gasteiger partial charge in [0.05, 0.1) is 5.69 Å². The molecule has 6 nitrogen and oxygen atoms in total. The Kier molecular flexibility index (Phi) is 3.97. The molecule has 0 unspecified atom stereocenters. The summed E-state index contributed by atoms with van der Waals surface area (Å²) >= 11 is 0. The van der Waals surface area contributed by atoms with E-state index in [1.807, 2.05) is 24.5 Å². The van der Waals surface area contributed by atoms with Crippen molar-refractivity contribution in [3.8, 4) is 0 Å². The lowest BCUT2D eigenvalue weighted by atomic mass is 10.0. The van der Waals surface area contributed by atoms with Crippen molar-refractivity contribution < 1.29 is 8.42 Å². The molecule has 0 radical (unpaired) electrons. The Bertz CT molecular complexity index is 1040. The first-order chi connectivity index (χ1) is 12.0. The topological polar surface area (TPSA) is 76.1 Å². The van der Waals surface area contributed by atoms with E-state index in [9.17, 15) is 8.42 Å². The van der Waals surface area contributed by atoms with Gasteiger partial charge in [-0.05, 0) is 29.0 Å². The molecule has 4 rings (SSSR count). The SMILES string of the molecule is CS(=O)(=O)c1ncc2c(n1)CN(Cc1cccc3cnccc13)CC2. The zero-order valence-corrected chi connectivity index (χ0v) is 14.7. The predicted octanol–water partition coefficient (Wildman–Crippen LogP) is 1.99. The lowest BCUT2D eigenvalue weighted by molar-refractivity contribution is 0.241. The van der Waals surface area contributed by atoms with E-state index in [0.717, 1.165) is 42.4 Å². The second-order valence-electron chi connectivity index (χ2n) is 6.37. The highest BCUT2D eigenvalue weighted by Crippen LogP contribution is 2.23. The van der Waals surface area contributed by atoms with Gasteiger partial charge in [-0.2, -0.15) is 0 Å². The lowest BCUT2D eigenvalue weighted by Crippen LogP contribution is -2.31. The zero-order valence-electron chi connectivity index (χ0n) is 13.9. The average Bonchev–Trinajstić information content (AvgIpc) is 2.61. The first-order valence-electron chi connectivity index (χ1n) is 8.09. The summed E-state index contributed by atoms with van der Waals surface area (Å²) < 4.78 is 23.4. The van der Waals surface area contributed by atoms with E-state index < -0.39 is 9.84 Å². The summed E-state index contributed by atoms with van der Waals surface area (Å²) in [7, 11) is -3.39. The molecule has 1 aliphatic rings. The Balaban J connectivity index is 1.62. The van der Waals surface area contributed by atoms with Gasteiger partial charge in [-0.25, -0.2) is 18.4 Å². The number of aromatic nitrogens is 3. The largest absolute Gasteiger partial charge is 0.293 e. The number of sulfone groups is 1. The minimum absolute atomic E-state index is 0.0932. The molecule has 1 aromatic carbocycles. The summed E-state index contributed by atoms with van der Waals surface area (Å²) in [5.41, 5.74) is 3.08. The molecule has 0 spiro atoms. The first-order valence-corrected chi connectivity index (χ1v) is 9.99. The van der Waals surface area contributed by atoms with Crippen LogP contribution < -0.4 is 0 Å². The van der Waals surface area contributed by atoms with Crippen LogP contribution in [0, 0.1) is 0 Å². The molecule has 0 bridgehead atoms. The molecule has 7 heteroatoms. The van der Waals surface area contributed by atoms with Crippen LogP contribution in [0.1, 0.15) is 16.8 Å². The number of rotatable bonds is 3. The Morgan fingerprint density at radius 2 is 2.08 bits per heavy atom. The van der Waals surface area contributed by atoms with Gasteiger partial charge in [0.25, 0.3) is 0 Å². The number of benzene rings is 1. The fraction of sp³-hybridized carbons (Fsp3) is 0.278. The third-order valence-electron chi connectivity index (χ3n) is 4.50. The fourth-order valence-electron chi connectivity index (χ4n) is 3.22. The van der Waals surface area contributed by atoms with Crippen molar-refractivity contribution in [2.45, 2.75) is 24.7 Å². The van der Waals surface area contributed by atoms with Gasteiger partial charge in [0.15, 0.2) is 0 Å². The van der Waals surface area contributed by atoms with E-state index in [1.165, 1.54) is 10.9 Å². The molecule has 3 aromatic rings. The number of nitrogens with zero attached hydrogens (tertiary/aromatic N) is 4. The average molecular weight is 354 g/mol. The molecule has 128 valence electrons. The number of pyridine rings is 1. The highest BCUT2D eigenvalue weighted by Gasteiger charge is 2.21. The second kappa shape index (κ2) is 6.16. The highest BCUT2D eigenvalue weighted by atomic mass is 32.2. The predicted molar refractivity (Wildman–Crippen MR) is 94.7 cm³/mol. The van der Waals surface area contributed by atoms with Crippen LogP contribution in [0.5, 0.6) is 0 Å². The smallest absolute Gasteiger partial charge is 0.247 e. The van der Waals surface area contributed by atoms with E-state index in [-0.39, 0.29) is 5.16 Å². The van der Waals surface area contributed by atoms with Gasteiger partial charge in [-0.3, -0.25) is 9.88 Å². The van der Waals surface area contributed by atoms with Crippen molar-refractivity contribution in [2.24, 2.45) is 0 Å². The molecule has 2 aromatic heterocycles. The van der Waals surface area contributed by atoms with Gasteiger partial charge in [0, 0.05) is 49.9 Å². The fourth-order valence-corrected chi connectivity index (χ4v) is 3.74. The van der Waals surface area contributed by atoms with E-state index in [2.05, 4.69) is 32.0 Å². The van der Waals surface area contributed by atoms with Gasteiger partial charge in [-0.1, -0.05) is 18.2 Å². The lowest BCUT2D eigenvalue weighted by Gasteiger charge is -2.28. The van der Waals surface area contributed by atoms with Crippen LogP contribution in [-0.4, -0.2) is 41.1 Å². The van der Waals surface area contributed by atoms with E-state index in [0.29, 0.717) is 6.54 Å². The molecule has 25 heavy (non-hydrogen) atoms. The van der Waals surface area contributed by atoms with Crippen LogP contribution >= 0.6 is 0 Å². The first kappa shape index (κ1) is 16.1. The number of hydrogen-bond acceptors (Lipinski definition) is 6. The van der Waals surface area contributed by atoms with Crippen molar-refractivity contribution in [3.63, 3.8) is 0 Å². The quantitative estimate of drug-likeness (QED) is 0.670. The molecule has 3 heterocycles. The molecule has 0 saturated heterocycles. The maximum atomic E-state index is 11.7. The maximum absolute atomic E-state index is 11.7. The van der Waals surface area contributed by atoms with Crippen LogP contribution in [0.2, 0.25) is 0 Å². The minimum Gasteiger partial charge on any atom is -0.293 e. The summed E-state index contributed by atoms with van der Waals surface area (Å²) in [4.78, 5) is 14.7. The van der Waals surface area contributed by atoms with E-state index >= 15 is 0 Å². The molecule has 0 atom stereocenters. The van der Waals surface area contributed by atoms with Crippen LogP contribution in [0.15, 0.2) is 48.0 Å². The standard InChI is InChI=1S/C18H18N4O2S/c1-25(23,24)18-20-10-14-6-8-22(12-17(14)21-18)11-15-4-2-3-13-9-19-7-5-16(13)15/h2-5,7,9-10H,6,8,11-12H2,1H3. The van der Waals surface area contributed by atoms with E-state index in [4.69, 9.17) is 0 Å². The molecule has 1 aliphatic heterocycles. The van der Waals surface area contributed by atoms with Gasteiger partial charge in [-0.15, -0.1) is 0 Å². The molecular weight excluding hydrogens is 336 g/mol. The van der Waals surface area contributed by atoms with Crippen LogP contribution in [0.4, 0.5) is 0 Å². The Morgan fingerprint density at radius 3 is 2.92 bits per heavy atom. The Labute approximate surface area is 146 Å². The van der Waals surface area contributed by atoms with Gasteiger partial charge >= 0.3 is 0 Å². The summed E-state index contributed by atoms with van der Waals surface area (Å²) in [6.07, 6.45) is 7.30. The van der Waals surface area contributed by atoms with Gasteiger partial charge < -0.3 is 0 Å². The summed E-state index contributed by atoms with van der Waals surface area (Å²) in [6.45, 7) is 2.32. The van der Waals surface area contributed by atoms with Crippen molar-refractivity contribution >= 4 is 20.6 Å². The molecule has 0 amide bonds. The summed E-state index contributed by atoms with van der Waals surface area (Å²) in [6, 6.07) is 8.26. The zero-order chi connectivity index (χ0) is 17.4. The Morgan fingerprint density at radius 1 is 1.20 bits per heavy atom. The Hall–Kier alpha value is -2.38. The van der Waals surface area contributed by atoms with Crippen molar-refractivity contribution in [1.82, 2.24) is 19.9 Å². The van der Waals surface area contributed by atoms with Crippen molar-refractivity contribution in [3.05, 3.63) is 59.7 Å². The molecular formula is C18H18N4O2S. The second-order valence-corrected chi connectivity index (χ2v) is 8.28. The van der Waals surface area contributed by atoms with Crippen LogP contribution in [-0.2, 0) is 29.3 Å². The molecule has 0 saturated carbocycles. The summed E-state index contributed by atoms with van der Waals surface area (Å²) in [5.74, 6) is 0. The van der Waals surface area contributed by atoms with Gasteiger partial charge in [0.2, 0.25) is 15.0 Å². The molecule has 0 N–H and O–H groups in total. The summed E-state index contributed by atoms with van der Waals surface area (Å²) in [5, 5.41) is 2.23. The highest BCUT2D eigenvalue weighted by molar-refractivity contribution is 7.90. The van der Waals surface area contributed by atoms with Crippen LogP contribution in [0.3, 0.4) is 0 Å². The van der Waals surface area contributed by atoms with Crippen molar-refractivity contribution in [2.75, 3.05) is 12.8 Å². The van der Waals surface area contributed by atoms with E-state index in [1.54, 1.807) is 6.20 Å². The maximum Gasteiger partial charge on any atom is 0.247 e. The molecule has 0 aliphatic carbocycles. The normalized spacial score (nSPS) is 15.2. The molecule has 0 fully saturated rings. The number of hydrogen-bond donors (Lipinski definition) is 0. The number of fused-ring (bicyclic) bond motifs is 2. The third-order valence-corrected chi connectivity index (χ3v) is 5.36. The minimum atomic E-state index is -3.39. The van der Waals surface area contributed by atoms with Gasteiger partial charge in [0.1, 0.15) is 0 Å². The van der Waals surface area contributed by atoms with Crippen molar-refractivity contribution in [1.29, 1.82) is 0 Å². The monoisotopic (exact) mass is 354 g/mol. The third kappa shape index (κ3) is 3.25.